The van der Waals surface area contributed by atoms with Crippen LogP contribution in [0, 0.1) is 6.92 Å². The molecule has 2 saturated heterocycles. The number of halogens is 1. The molecule has 0 aromatic carbocycles. The molecule has 2 unspecified atom stereocenters. The van der Waals surface area contributed by atoms with E-state index in [1.165, 1.54) is 35.5 Å². The van der Waals surface area contributed by atoms with Gasteiger partial charge in [-0.15, -0.1) is 22.7 Å². The smallest absolute Gasteiger partial charge is 0.265 e. The van der Waals surface area contributed by atoms with Gasteiger partial charge in [-0.1, -0.05) is 11.6 Å². The monoisotopic (exact) mass is 381 g/mol. The number of thiazole rings is 1. The number of aromatic nitrogens is 1. The molecular formula is C17H20ClN3OS2. The minimum atomic E-state index is 0.102. The van der Waals surface area contributed by atoms with Gasteiger partial charge >= 0.3 is 0 Å². The van der Waals surface area contributed by atoms with Crippen LogP contribution in [0.4, 0.5) is 0 Å². The van der Waals surface area contributed by atoms with E-state index in [4.69, 9.17) is 11.6 Å². The van der Waals surface area contributed by atoms with Crippen molar-refractivity contribution in [2.45, 2.75) is 50.7 Å². The number of fused-ring (bicyclic) bond motifs is 2. The maximum atomic E-state index is 13.0. The molecule has 24 heavy (non-hydrogen) atoms. The second kappa shape index (κ2) is 6.41. The molecule has 2 bridgehead atoms. The molecule has 2 fully saturated rings. The molecule has 1 N–H and O–H groups in total. The third kappa shape index (κ3) is 3.01. The van der Waals surface area contributed by atoms with Crippen LogP contribution < -0.4 is 5.32 Å². The van der Waals surface area contributed by atoms with Crippen LogP contribution in [-0.4, -0.2) is 41.0 Å². The van der Waals surface area contributed by atoms with E-state index in [0.29, 0.717) is 18.1 Å². The number of nitrogens with zero attached hydrogens (tertiary/aromatic N) is 2. The van der Waals surface area contributed by atoms with E-state index in [9.17, 15) is 4.79 Å². The maximum Gasteiger partial charge on any atom is 0.265 e. The molecule has 0 radical (unpaired) electrons. The van der Waals surface area contributed by atoms with Gasteiger partial charge in [0.25, 0.3) is 5.91 Å². The first-order chi connectivity index (χ1) is 11.5. The fourth-order valence-electron chi connectivity index (χ4n) is 3.80. The molecule has 2 aliphatic heterocycles. The van der Waals surface area contributed by atoms with Gasteiger partial charge in [0.05, 0.1) is 14.9 Å². The molecule has 2 aromatic rings. The zero-order valence-corrected chi connectivity index (χ0v) is 16.1. The standard InChI is InChI=1S/C17H20ClN3OS2/c1-9-15(24-16(19-9)13-5-6-14(18)23-13)17(22)21(2)12-7-10-3-4-11(8-12)20-10/h5-6,10-12,20H,3-4,7-8H2,1-2H3. The normalized spacial score (nSPS) is 25.9. The van der Waals surface area contributed by atoms with Crippen molar-refractivity contribution in [1.82, 2.24) is 15.2 Å². The second-order valence-electron chi connectivity index (χ2n) is 6.72. The first-order valence-corrected chi connectivity index (χ1v) is 10.3. The highest BCUT2D eigenvalue weighted by Crippen LogP contribution is 2.36. The topological polar surface area (TPSA) is 45.2 Å². The van der Waals surface area contributed by atoms with E-state index in [1.54, 1.807) is 0 Å². The van der Waals surface area contributed by atoms with E-state index in [2.05, 4.69) is 10.3 Å². The number of carbonyl (C=O) groups excluding carboxylic acids is 1. The van der Waals surface area contributed by atoms with Gasteiger partial charge in [0, 0.05) is 25.2 Å². The molecular weight excluding hydrogens is 362 g/mol. The minimum Gasteiger partial charge on any atom is -0.338 e. The van der Waals surface area contributed by atoms with Crippen LogP contribution in [-0.2, 0) is 0 Å². The van der Waals surface area contributed by atoms with Crippen LogP contribution in [0.1, 0.15) is 41.0 Å². The molecule has 4 nitrogen and oxygen atoms in total. The molecule has 1 amide bonds. The van der Waals surface area contributed by atoms with Crippen molar-refractivity contribution in [1.29, 1.82) is 0 Å². The first-order valence-electron chi connectivity index (χ1n) is 8.27. The number of aryl methyl sites for hydroxylation is 1. The Kier molecular flexibility index (Phi) is 4.41. The Labute approximate surface area is 154 Å². The van der Waals surface area contributed by atoms with Crippen molar-refractivity contribution in [3.05, 3.63) is 27.0 Å². The summed E-state index contributed by atoms with van der Waals surface area (Å²) in [5.74, 6) is 0.102. The molecule has 7 heteroatoms. The van der Waals surface area contributed by atoms with Crippen molar-refractivity contribution >= 4 is 40.2 Å². The number of amides is 1. The molecule has 2 atom stereocenters. The summed E-state index contributed by atoms with van der Waals surface area (Å²) in [6.07, 6.45) is 4.60. The fourth-order valence-corrected chi connectivity index (χ4v) is 5.95. The fraction of sp³-hybridized carbons (Fsp3) is 0.529. The lowest BCUT2D eigenvalue weighted by atomic mass is 9.98. The Hall–Kier alpha value is -0.950. The third-order valence-electron chi connectivity index (χ3n) is 5.09. The Bertz CT molecular complexity index is 760. The number of hydrogen-bond acceptors (Lipinski definition) is 5. The number of piperidine rings is 1. The van der Waals surface area contributed by atoms with E-state index >= 15 is 0 Å². The van der Waals surface area contributed by atoms with Crippen molar-refractivity contribution in [3.8, 4) is 9.88 Å². The summed E-state index contributed by atoms with van der Waals surface area (Å²) >= 11 is 9.00. The molecule has 2 aromatic heterocycles. The van der Waals surface area contributed by atoms with Gasteiger partial charge in [0.1, 0.15) is 9.88 Å². The molecule has 0 aliphatic carbocycles. The van der Waals surface area contributed by atoms with E-state index < -0.39 is 0 Å². The van der Waals surface area contributed by atoms with Crippen LogP contribution in [0.2, 0.25) is 4.34 Å². The molecule has 2 aliphatic rings. The van der Waals surface area contributed by atoms with Crippen molar-refractivity contribution in [2.24, 2.45) is 0 Å². The molecule has 0 saturated carbocycles. The van der Waals surface area contributed by atoms with Gasteiger partial charge in [0.15, 0.2) is 0 Å². The van der Waals surface area contributed by atoms with Gasteiger partial charge in [-0.2, -0.15) is 0 Å². The summed E-state index contributed by atoms with van der Waals surface area (Å²) in [5.41, 5.74) is 0.813. The summed E-state index contributed by atoms with van der Waals surface area (Å²) < 4.78 is 0.744. The van der Waals surface area contributed by atoms with Crippen LogP contribution in [0.25, 0.3) is 9.88 Å². The van der Waals surface area contributed by atoms with Gasteiger partial charge in [-0.3, -0.25) is 4.79 Å². The summed E-state index contributed by atoms with van der Waals surface area (Å²) in [7, 11) is 1.94. The zero-order valence-electron chi connectivity index (χ0n) is 13.7. The lowest BCUT2D eigenvalue weighted by Crippen LogP contribution is -2.48. The lowest BCUT2D eigenvalue weighted by molar-refractivity contribution is 0.0685. The van der Waals surface area contributed by atoms with E-state index in [1.807, 2.05) is 31.0 Å². The second-order valence-corrected chi connectivity index (χ2v) is 9.43. The number of carbonyl (C=O) groups is 1. The SMILES string of the molecule is Cc1nc(-c2ccc(Cl)s2)sc1C(=O)N(C)C1CC2CCC(C1)N2. The number of hydrogen-bond donors (Lipinski definition) is 1. The third-order valence-corrected chi connectivity index (χ3v) is 7.64. The Morgan fingerprint density at radius 3 is 2.62 bits per heavy atom. The summed E-state index contributed by atoms with van der Waals surface area (Å²) in [5, 5.41) is 4.52. The van der Waals surface area contributed by atoms with Gasteiger partial charge in [-0.05, 0) is 44.7 Å². The molecule has 128 valence electrons. The van der Waals surface area contributed by atoms with E-state index in [-0.39, 0.29) is 5.91 Å². The average Bonchev–Trinajstić information content (AvgIpc) is 3.25. The predicted octanol–water partition coefficient (Wildman–Crippen LogP) is 4.19. The van der Waals surface area contributed by atoms with Crippen LogP contribution in [0.3, 0.4) is 0 Å². The summed E-state index contributed by atoms with van der Waals surface area (Å²) in [6.45, 7) is 1.92. The number of nitrogens with one attached hydrogen (secondary N) is 1. The Morgan fingerprint density at radius 2 is 2.00 bits per heavy atom. The van der Waals surface area contributed by atoms with Crippen LogP contribution in [0.15, 0.2) is 12.1 Å². The highest BCUT2D eigenvalue weighted by molar-refractivity contribution is 7.24. The van der Waals surface area contributed by atoms with Gasteiger partial charge in [-0.25, -0.2) is 4.98 Å². The Morgan fingerprint density at radius 1 is 1.29 bits per heavy atom. The van der Waals surface area contributed by atoms with Crippen LogP contribution >= 0.6 is 34.3 Å². The average molecular weight is 382 g/mol. The molecule has 0 spiro atoms. The van der Waals surface area contributed by atoms with Gasteiger partial charge in [0.2, 0.25) is 0 Å². The number of rotatable bonds is 3. The zero-order chi connectivity index (χ0) is 16.8. The van der Waals surface area contributed by atoms with Crippen molar-refractivity contribution < 1.29 is 4.79 Å². The lowest BCUT2D eigenvalue weighted by Gasteiger charge is -2.35. The van der Waals surface area contributed by atoms with Crippen molar-refractivity contribution in [2.75, 3.05) is 7.05 Å². The van der Waals surface area contributed by atoms with E-state index in [0.717, 1.165) is 37.6 Å². The van der Waals surface area contributed by atoms with Crippen molar-refractivity contribution in [3.63, 3.8) is 0 Å². The quantitative estimate of drug-likeness (QED) is 0.867. The predicted molar refractivity (Wildman–Crippen MR) is 100 cm³/mol. The highest BCUT2D eigenvalue weighted by Gasteiger charge is 2.37. The summed E-state index contributed by atoms with van der Waals surface area (Å²) in [4.78, 5) is 21.3. The Balaban J connectivity index is 1.54. The van der Waals surface area contributed by atoms with Gasteiger partial charge < -0.3 is 10.2 Å². The first kappa shape index (κ1) is 16.5. The number of thiophene rings is 1. The minimum absolute atomic E-state index is 0.102. The maximum absolute atomic E-state index is 13.0. The molecule has 4 rings (SSSR count). The largest absolute Gasteiger partial charge is 0.338 e. The van der Waals surface area contributed by atoms with Crippen LogP contribution in [0.5, 0.6) is 0 Å². The molecule has 4 heterocycles. The summed E-state index contributed by atoms with van der Waals surface area (Å²) in [6, 6.07) is 5.33. The highest BCUT2D eigenvalue weighted by atomic mass is 35.5.